The standard InChI is InChI=1S/C15H21N3OS/c1-4-12(2)18(9-13-5-6-20-11-13)10-14-7-16-15(19-3)17-8-14/h5-8,11-12H,4,9-10H2,1-3H3/t12-/m1/s1. The van der Waals surface area contributed by atoms with E-state index < -0.39 is 0 Å². The van der Waals surface area contributed by atoms with Crippen molar-refractivity contribution in [2.75, 3.05) is 7.11 Å². The van der Waals surface area contributed by atoms with Crippen LogP contribution in [0.2, 0.25) is 0 Å². The summed E-state index contributed by atoms with van der Waals surface area (Å²) in [5.41, 5.74) is 2.48. The third-order valence-corrected chi connectivity index (χ3v) is 4.16. The van der Waals surface area contributed by atoms with Crippen LogP contribution in [0.3, 0.4) is 0 Å². The summed E-state index contributed by atoms with van der Waals surface area (Å²) >= 11 is 1.74. The lowest BCUT2D eigenvalue weighted by atomic mass is 10.1. The van der Waals surface area contributed by atoms with Gasteiger partial charge in [0.15, 0.2) is 0 Å². The zero-order chi connectivity index (χ0) is 14.4. The van der Waals surface area contributed by atoms with Crippen molar-refractivity contribution in [1.82, 2.24) is 14.9 Å². The zero-order valence-electron chi connectivity index (χ0n) is 12.2. The molecule has 2 aromatic rings. The molecular formula is C15H21N3OS. The van der Waals surface area contributed by atoms with Gasteiger partial charge in [-0.2, -0.15) is 11.3 Å². The van der Waals surface area contributed by atoms with Crippen LogP contribution in [0.5, 0.6) is 6.01 Å². The third kappa shape index (κ3) is 4.02. The number of ether oxygens (including phenoxy) is 1. The highest BCUT2D eigenvalue weighted by Crippen LogP contribution is 2.16. The summed E-state index contributed by atoms with van der Waals surface area (Å²) in [6.45, 7) is 6.30. The largest absolute Gasteiger partial charge is 0.467 e. The van der Waals surface area contributed by atoms with Crippen LogP contribution in [0.4, 0.5) is 0 Å². The minimum Gasteiger partial charge on any atom is -0.467 e. The van der Waals surface area contributed by atoms with Crippen molar-refractivity contribution in [2.24, 2.45) is 0 Å². The second-order valence-electron chi connectivity index (χ2n) is 4.87. The molecule has 0 saturated carbocycles. The molecule has 4 nitrogen and oxygen atoms in total. The number of rotatable bonds is 7. The van der Waals surface area contributed by atoms with Crippen molar-refractivity contribution in [3.05, 3.63) is 40.3 Å². The second kappa shape index (κ2) is 7.36. The second-order valence-corrected chi connectivity index (χ2v) is 5.65. The van der Waals surface area contributed by atoms with Gasteiger partial charge in [-0.3, -0.25) is 4.90 Å². The summed E-state index contributed by atoms with van der Waals surface area (Å²) in [7, 11) is 1.58. The molecule has 0 unspecified atom stereocenters. The maximum atomic E-state index is 4.99. The van der Waals surface area contributed by atoms with Crippen molar-refractivity contribution in [3.63, 3.8) is 0 Å². The Balaban J connectivity index is 2.06. The first-order chi connectivity index (χ1) is 9.72. The van der Waals surface area contributed by atoms with Gasteiger partial charge in [0.25, 0.3) is 0 Å². The summed E-state index contributed by atoms with van der Waals surface area (Å²) in [5.74, 6) is 0. The minimum atomic E-state index is 0.418. The molecule has 0 N–H and O–H groups in total. The van der Waals surface area contributed by atoms with Crippen molar-refractivity contribution in [3.8, 4) is 6.01 Å². The van der Waals surface area contributed by atoms with Gasteiger partial charge in [0, 0.05) is 37.1 Å². The topological polar surface area (TPSA) is 38.2 Å². The highest BCUT2D eigenvalue weighted by atomic mass is 32.1. The summed E-state index contributed by atoms with van der Waals surface area (Å²) in [4.78, 5) is 10.8. The molecule has 0 aliphatic carbocycles. The van der Waals surface area contributed by atoms with Crippen LogP contribution in [-0.4, -0.2) is 28.0 Å². The van der Waals surface area contributed by atoms with Crippen molar-refractivity contribution in [1.29, 1.82) is 0 Å². The van der Waals surface area contributed by atoms with E-state index in [0.29, 0.717) is 12.1 Å². The lowest BCUT2D eigenvalue weighted by Crippen LogP contribution is -2.31. The molecule has 5 heteroatoms. The van der Waals surface area contributed by atoms with E-state index in [0.717, 1.165) is 25.1 Å². The Labute approximate surface area is 124 Å². The van der Waals surface area contributed by atoms with Crippen LogP contribution in [0.1, 0.15) is 31.4 Å². The molecule has 1 atom stereocenters. The van der Waals surface area contributed by atoms with E-state index in [4.69, 9.17) is 4.74 Å². The van der Waals surface area contributed by atoms with Crippen LogP contribution in [0.25, 0.3) is 0 Å². The average Bonchev–Trinajstić information content (AvgIpc) is 2.99. The van der Waals surface area contributed by atoms with E-state index in [1.165, 1.54) is 5.56 Å². The maximum Gasteiger partial charge on any atom is 0.316 e. The van der Waals surface area contributed by atoms with Gasteiger partial charge in [-0.1, -0.05) is 6.92 Å². The number of nitrogens with zero attached hydrogens (tertiary/aromatic N) is 3. The fourth-order valence-electron chi connectivity index (χ4n) is 2.01. The molecule has 0 radical (unpaired) electrons. The van der Waals surface area contributed by atoms with Crippen LogP contribution in [0.15, 0.2) is 29.2 Å². The highest BCUT2D eigenvalue weighted by Gasteiger charge is 2.14. The quantitative estimate of drug-likeness (QED) is 0.784. The fourth-order valence-corrected chi connectivity index (χ4v) is 2.67. The Morgan fingerprint density at radius 2 is 1.95 bits per heavy atom. The normalized spacial score (nSPS) is 12.6. The summed E-state index contributed by atoms with van der Waals surface area (Å²) in [5, 5.41) is 4.33. The predicted molar refractivity (Wildman–Crippen MR) is 81.9 cm³/mol. The van der Waals surface area contributed by atoms with Gasteiger partial charge in [0.05, 0.1) is 7.11 Å². The molecule has 0 amide bonds. The zero-order valence-corrected chi connectivity index (χ0v) is 13.1. The molecule has 2 heterocycles. The highest BCUT2D eigenvalue weighted by molar-refractivity contribution is 7.07. The fraction of sp³-hybridized carbons (Fsp3) is 0.467. The molecule has 0 fully saturated rings. The Kier molecular flexibility index (Phi) is 5.49. The first-order valence-corrected chi connectivity index (χ1v) is 7.77. The van der Waals surface area contributed by atoms with Crippen LogP contribution < -0.4 is 4.74 Å². The first kappa shape index (κ1) is 14.9. The molecule has 2 rings (SSSR count). The van der Waals surface area contributed by atoms with Gasteiger partial charge in [-0.05, 0) is 35.7 Å². The van der Waals surface area contributed by atoms with Crippen LogP contribution in [0, 0.1) is 0 Å². The molecule has 20 heavy (non-hydrogen) atoms. The van der Waals surface area contributed by atoms with E-state index in [-0.39, 0.29) is 0 Å². The van der Waals surface area contributed by atoms with Crippen LogP contribution >= 0.6 is 11.3 Å². The van der Waals surface area contributed by atoms with Crippen molar-refractivity contribution in [2.45, 2.75) is 39.4 Å². The van der Waals surface area contributed by atoms with E-state index in [9.17, 15) is 0 Å². The molecule has 0 bridgehead atoms. The summed E-state index contributed by atoms with van der Waals surface area (Å²) in [6, 6.07) is 3.13. The number of hydrogen-bond donors (Lipinski definition) is 0. The van der Waals surface area contributed by atoms with Crippen molar-refractivity contribution < 1.29 is 4.74 Å². The molecule has 0 aliphatic rings. The average molecular weight is 291 g/mol. The predicted octanol–water partition coefficient (Wildman–Crippen LogP) is 3.35. The van der Waals surface area contributed by atoms with E-state index >= 15 is 0 Å². The molecule has 0 spiro atoms. The Morgan fingerprint density at radius 3 is 2.50 bits per heavy atom. The number of aromatic nitrogens is 2. The van der Waals surface area contributed by atoms with E-state index in [2.05, 4.69) is 45.5 Å². The van der Waals surface area contributed by atoms with Crippen LogP contribution in [-0.2, 0) is 13.1 Å². The molecule has 108 valence electrons. The van der Waals surface area contributed by atoms with Gasteiger partial charge in [0.1, 0.15) is 0 Å². The molecular weight excluding hydrogens is 270 g/mol. The number of thiophene rings is 1. The SMILES string of the molecule is CC[C@@H](C)N(Cc1cnc(OC)nc1)Cc1ccsc1. The lowest BCUT2D eigenvalue weighted by molar-refractivity contribution is 0.185. The van der Waals surface area contributed by atoms with E-state index in [1.54, 1.807) is 18.4 Å². The molecule has 0 aromatic carbocycles. The van der Waals surface area contributed by atoms with Gasteiger partial charge in [-0.25, -0.2) is 9.97 Å². The number of hydrogen-bond acceptors (Lipinski definition) is 5. The van der Waals surface area contributed by atoms with Gasteiger partial charge in [0.2, 0.25) is 0 Å². The van der Waals surface area contributed by atoms with E-state index in [1.807, 2.05) is 12.4 Å². The lowest BCUT2D eigenvalue weighted by Gasteiger charge is -2.28. The van der Waals surface area contributed by atoms with Gasteiger partial charge < -0.3 is 4.74 Å². The smallest absolute Gasteiger partial charge is 0.316 e. The Hall–Kier alpha value is -1.46. The van der Waals surface area contributed by atoms with Gasteiger partial charge in [-0.15, -0.1) is 0 Å². The Morgan fingerprint density at radius 1 is 1.25 bits per heavy atom. The van der Waals surface area contributed by atoms with Crippen molar-refractivity contribution >= 4 is 11.3 Å². The molecule has 0 saturated heterocycles. The minimum absolute atomic E-state index is 0.418. The molecule has 0 aliphatic heterocycles. The van der Waals surface area contributed by atoms with Gasteiger partial charge >= 0.3 is 6.01 Å². The Bertz CT molecular complexity index is 498. The first-order valence-electron chi connectivity index (χ1n) is 6.83. The summed E-state index contributed by atoms with van der Waals surface area (Å²) in [6.07, 6.45) is 4.81. The monoisotopic (exact) mass is 291 g/mol. The number of methoxy groups -OCH3 is 1. The molecule has 2 aromatic heterocycles. The maximum absolute atomic E-state index is 4.99. The summed E-state index contributed by atoms with van der Waals surface area (Å²) < 4.78 is 4.99. The third-order valence-electron chi connectivity index (χ3n) is 3.43.